The Morgan fingerprint density at radius 2 is 1.11 bits per heavy atom. The molecule has 36 heavy (non-hydrogen) atoms. The molecule has 0 spiro atoms. The summed E-state index contributed by atoms with van der Waals surface area (Å²) in [6.07, 6.45) is 11.3. The molecular weight excluding hydrogens is 451 g/mol. The number of allylic oxidation sites excluding steroid dienone is 1. The van der Waals surface area contributed by atoms with Gasteiger partial charge in [-0.1, -0.05) is 128 Å². The van der Waals surface area contributed by atoms with Gasteiger partial charge in [0.2, 0.25) is 0 Å². The van der Waals surface area contributed by atoms with Crippen LogP contribution in [0.25, 0.3) is 50.2 Å². The summed E-state index contributed by atoms with van der Waals surface area (Å²) >= 11 is 0. The van der Waals surface area contributed by atoms with Crippen LogP contribution < -0.4 is 5.30 Å². The van der Waals surface area contributed by atoms with Crippen molar-refractivity contribution >= 4 is 35.3 Å². The third-order valence-electron chi connectivity index (χ3n) is 7.34. The number of rotatable bonds is 4. The van der Waals surface area contributed by atoms with E-state index >= 15 is 0 Å². The van der Waals surface area contributed by atoms with Crippen molar-refractivity contribution in [3.63, 3.8) is 0 Å². The topological polar surface area (TPSA) is 0 Å². The monoisotopic (exact) mass is 482 g/mol. The molecule has 0 bridgehead atoms. The fourth-order valence-corrected chi connectivity index (χ4v) is 6.47. The second-order valence-electron chi connectivity index (χ2n) is 10.3. The van der Waals surface area contributed by atoms with Gasteiger partial charge in [-0.3, -0.25) is 0 Å². The second-order valence-corrected chi connectivity index (χ2v) is 14.2. The molecular formula is C35H31P. The maximum atomic E-state index is 4.43. The van der Waals surface area contributed by atoms with Crippen molar-refractivity contribution in [2.24, 2.45) is 0 Å². The third-order valence-corrected chi connectivity index (χ3v) is 9.04. The maximum Gasteiger partial charge on any atom is -0.00297 e. The Labute approximate surface area is 214 Å². The summed E-state index contributed by atoms with van der Waals surface area (Å²) in [7, 11) is 0. The zero-order chi connectivity index (χ0) is 24.7. The molecule has 5 aromatic carbocycles. The Hall–Kier alpha value is -3.60. The van der Waals surface area contributed by atoms with E-state index in [1.807, 2.05) is 0 Å². The van der Waals surface area contributed by atoms with E-state index < -0.39 is 6.89 Å². The molecule has 0 amide bonds. The first kappa shape index (κ1) is 22.8. The molecule has 176 valence electrons. The van der Waals surface area contributed by atoms with Crippen LogP contribution in [-0.4, -0.2) is 19.6 Å². The van der Waals surface area contributed by atoms with E-state index in [1.54, 1.807) is 0 Å². The first-order valence-electron chi connectivity index (χ1n) is 12.7. The van der Waals surface area contributed by atoms with Gasteiger partial charge in [-0.2, -0.15) is 0 Å². The zero-order valence-electron chi connectivity index (χ0n) is 21.0. The molecule has 0 aromatic heterocycles. The Bertz CT molecular complexity index is 1630. The molecule has 0 radical (unpaired) electrons. The van der Waals surface area contributed by atoms with Crippen molar-refractivity contribution in [3.05, 3.63) is 120 Å². The van der Waals surface area contributed by atoms with E-state index in [4.69, 9.17) is 0 Å². The van der Waals surface area contributed by atoms with Crippen molar-refractivity contribution in [2.45, 2.75) is 12.8 Å². The zero-order valence-corrected chi connectivity index (χ0v) is 21.9. The van der Waals surface area contributed by atoms with Crippen LogP contribution in [0.1, 0.15) is 17.5 Å². The first-order valence-corrected chi connectivity index (χ1v) is 15.6. The van der Waals surface area contributed by atoms with Crippen molar-refractivity contribution in [3.8, 4) is 33.4 Å². The van der Waals surface area contributed by atoms with Crippen LogP contribution >= 0.6 is 6.89 Å². The summed E-state index contributed by atoms with van der Waals surface area (Å²) in [5, 5.41) is 4.03. The molecule has 0 atom stereocenters. The third kappa shape index (κ3) is 4.06. The minimum atomic E-state index is -1.29. The highest BCUT2D eigenvalue weighted by Gasteiger charge is 2.21. The van der Waals surface area contributed by atoms with Crippen LogP contribution in [-0.2, 0) is 6.42 Å². The molecule has 1 heteroatoms. The van der Waals surface area contributed by atoms with Crippen LogP contribution in [0.5, 0.6) is 0 Å². The van der Waals surface area contributed by atoms with E-state index in [1.165, 1.54) is 60.6 Å². The second kappa shape index (κ2) is 9.12. The molecule has 6 rings (SSSR count). The first-order chi connectivity index (χ1) is 17.5. The Kier molecular flexibility index (Phi) is 5.79. The van der Waals surface area contributed by atoms with Gasteiger partial charge in [0.15, 0.2) is 0 Å². The summed E-state index contributed by atoms with van der Waals surface area (Å²) in [5.41, 5.74) is 10.7. The van der Waals surface area contributed by atoms with E-state index in [0.717, 1.165) is 12.8 Å². The summed E-state index contributed by atoms with van der Waals surface area (Å²) in [6, 6.07) is 37.9. The molecule has 5 aromatic rings. The number of hydrogen-bond acceptors (Lipinski definition) is 0. The van der Waals surface area contributed by atoms with Crippen LogP contribution in [0.15, 0.2) is 109 Å². The normalized spacial score (nSPS) is 13.1. The van der Waals surface area contributed by atoms with Gasteiger partial charge in [0.1, 0.15) is 0 Å². The Morgan fingerprint density at radius 3 is 1.78 bits per heavy atom. The number of hydrogen-bond donors (Lipinski definition) is 0. The van der Waals surface area contributed by atoms with Gasteiger partial charge >= 0.3 is 0 Å². The lowest BCUT2D eigenvalue weighted by Gasteiger charge is -2.24. The SMILES string of the molecule is C=P(C)(C)c1ccc(-c2c3c(c(-c4ccc(-c5ccccc5)cc4)c4ccccc24)CCC=C3)cc1. The van der Waals surface area contributed by atoms with Gasteiger partial charge in [0.05, 0.1) is 0 Å². The molecule has 0 aliphatic heterocycles. The molecule has 0 fully saturated rings. The summed E-state index contributed by atoms with van der Waals surface area (Å²) < 4.78 is 0. The molecule has 0 saturated carbocycles. The largest absolute Gasteiger partial charge is 0.0971 e. The van der Waals surface area contributed by atoms with Crippen LogP contribution in [0, 0.1) is 0 Å². The molecule has 0 saturated heterocycles. The highest BCUT2D eigenvalue weighted by molar-refractivity contribution is 7.79. The summed E-state index contributed by atoms with van der Waals surface area (Å²) in [5.74, 6) is 0. The minimum Gasteiger partial charge on any atom is -0.0971 e. The minimum absolute atomic E-state index is 1.06. The molecule has 0 nitrogen and oxygen atoms in total. The summed E-state index contributed by atoms with van der Waals surface area (Å²) in [4.78, 5) is 0. The van der Waals surface area contributed by atoms with Crippen LogP contribution in [0.3, 0.4) is 0 Å². The van der Waals surface area contributed by atoms with Crippen LogP contribution in [0.4, 0.5) is 0 Å². The Morgan fingerprint density at radius 1 is 0.583 bits per heavy atom. The highest BCUT2D eigenvalue weighted by Crippen LogP contribution is 2.45. The van der Waals surface area contributed by atoms with Crippen molar-refractivity contribution in [1.82, 2.24) is 0 Å². The fraction of sp³-hybridized carbons (Fsp3) is 0.114. The lowest BCUT2D eigenvalue weighted by molar-refractivity contribution is 0.991. The average Bonchev–Trinajstić information content (AvgIpc) is 2.92. The standard InChI is InChI=1S/C35H31P/c1-36(2,3)29-23-21-28(22-24-29)35-32-15-9-7-13-30(32)34(31-14-8-10-16-33(31)35)27-19-17-26(18-20-27)25-11-5-4-6-12-25/h4-7,9-13,15-24H,1,8,14H2,2-3H3. The quantitative estimate of drug-likeness (QED) is 0.224. The average molecular weight is 483 g/mol. The Balaban J connectivity index is 1.57. The molecule has 0 heterocycles. The van der Waals surface area contributed by atoms with Crippen molar-refractivity contribution in [1.29, 1.82) is 0 Å². The van der Waals surface area contributed by atoms with Gasteiger partial charge in [0.25, 0.3) is 0 Å². The van der Waals surface area contributed by atoms with Gasteiger partial charge < -0.3 is 0 Å². The van der Waals surface area contributed by atoms with Gasteiger partial charge in [-0.25, -0.2) is 0 Å². The molecule has 0 N–H and O–H groups in total. The molecule has 1 aliphatic carbocycles. The maximum absolute atomic E-state index is 4.43. The van der Waals surface area contributed by atoms with Crippen molar-refractivity contribution in [2.75, 3.05) is 13.3 Å². The predicted octanol–water partition coefficient (Wildman–Crippen LogP) is 9.13. The van der Waals surface area contributed by atoms with Crippen LogP contribution in [0.2, 0.25) is 0 Å². The fourth-order valence-electron chi connectivity index (χ4n) is 5.52. The van der Waals surface area contributed by atoms with E-state index in [-0.39, 0.29) is 0 Å². The lowest BCUT2D eigenvalue weighted by atomic mass is 9.80. The smallest absolute Gasteiger partial charge is 0.00297 e. The van der Waals surface area contributed by atoms with E-state index in [0.29, 0.717) is 0 Å². The predicted molar refractivity (Wildman–Crippen MR) is 163 cm³/mol. The van der Waals surface area contributed by atoms with Gasteiger partial charge in [-0.15, -0.1) is 0 Å². The van der Waals surface area contributed by atoms with E-state index in [9.17, 15) is 0 Å². The highest BCUT2D eigenvalue weighted by atomic mass is 31.2. The van der Waals surface area contributed by atoms with Gasteiger partial charge in [0, 0.05) is 0 Å². The van der Waals surface area contributed by atoms with Gasteiger partial charge in [-0.05, 0) is 86.8 Å². The number of fused-ring (bicyclic) bond motifs is 2. The summed E-state index contributed by atoms with van der Waals surface area (Å²) in [6.45, 7) is 3.27. The molecule has 0 unspecified atom stereocenters. The van der Waals surface area contributed by atoms with Crippen molar-refractivity contribution < 1.29 is 0 Å². The lowest BCUT2D eigenvalue weighted by Crippen LogP contribution is -2.04. The molecule has 1 aliphatic rings. The van der Waals surface area contributed by atoms with E-state index in [2.05, 4.69) is 135 Å². The number of benzene rings is 5.